The van der Waals surface area contributed by atoms with Gasteiger partial charge in [-0.15, -0.1) is 11.3 Å². The molecule has 19 heavy (non-hydrogen) atoms. The zero-order valence-corrected chi connectivity index (χ0v) is 13.3. The van der Waals surface area contributed by atoms with Crippen LogP contribution in [0.1, 0.15) is 39.0 Å². The Morgan fingerprint density at radius 2 is 2.05 bits per heavy atom. The van der Waals surface area contributed by atoms with E-state index in [1.165, 1.54) is 4.88 Å². The van der Waals surface area contributed by atoms with Gasteiger partial charge in [0, 0.05) is 43.4 Å². The summed E-state index contributed by atoms with van der Waals surface area (Å²) in [6, 6.07) is 0.365. The fourth-order valence-corrected chi connectivity index (χ4v) is 3.05. The van der Waals surface area contributed by atoms with Crippen LogP contribution in [-0.2, 0) is 6.54 Å². The Labute approximate surface area is 120 Å². The molecule has 0 fully saturated rings. The highest BCUT2D eigenvalue weighted by Gasteiger charge is 2.13. The molecule has 1 aromatic rings. The molecule has 0 bridgehead atoms. The molecule has 1 unspecified atom stereocenters. The molecule has 1 aromatic heterocycles. The minimum absolute atomic E-state index is 0.239. The smallest absolute Gasteiger partial charge is 0.185 e. The normalized spacial score (nSPS) is 12.9. The Bertz CT molecular complexity index is 350. The Hall–Kier alpha value is -0.650. The molecule has 2 N–H and O–H groups in total. The molecule has 110 valence electrons. The van der Waals surface area contributed by atoms with Crippen molar-refractivity contribution in [1.29, 1.82) is 0 Å². The quantitative estimate of drug-likeness (QED) is 0.732. The monoisotopic (exact) mass is 285 g/mol. The Balaban J connectivity index is 2.53. The van der Waals surface area contributed by atoms with Crippen LogP contribution in [-0.4, -0.2) is 35.8 Å². The number of aliphatic hydroxyl groups is 1. The van der Waals surface area contributed by atoms with Gasteiger partial charge in [0.05, 0.1) is 0 Å². The molecule has 0 spiro atoms. The van der Waals surface area contributed by atoms with Gasteiger partial charge in [-0.1, -0.05) is 13.8 Å². The van der Waals surface area contributed by atoms with E-state index in [1.807, 2.05) is 6.20 Å². The van der Waals surface area contributed by atoms with Crippen molar-refractivity contribution in [2.45, 2.75) is 46.7 Å². The molecule has 0 saturated heterocycles. The zero-order chi connectivity index (χ0) is 14.3. The summed E-state index contributed by atoms with van der Waals surface area (Å²) in [5, 5.41) is 13.7. The van der Waals surface area contributed by atoms with E-state index in [0.29, 0.717) is 12.0 Å². The highest BCUT2D eigenvalue weighted by Crippen LogP contribution is 2.22. The van der Waals surface area contributed by atoms with Crippen molar-refractivity contribution in [3.8, 4) is 0 Å². The molecule has 4 nitrogen and oxygen atoms in total. The van der Waals surface area contributed by atoms with Crippen LogP contribution in [0, 0.1) is 5.92 Å². The lowest BCUT2D eigenvalue weighted by atomic mass is 10.0. The predicted molar refractivity (Wildman–Crippen MR) is 82.8 cm³/mol. The lowest BCUT2D eigenvalue weighted by Gasteiger charge is -2.21. The second kappa shape index (κ2) is 8.51. The highest BCUT2D eigenvalue weighted by atomic mass is 32.1. The van der Waals surface area contributed by atoms with Gasteiger partial charge in [-0.3, -0.25) is 0 Å². The third kappa shape index (κ3) is 5.09. The predicted octanol–water partition coefficient (Wildman–Crippen LogP) is 2.49. The van der Waals surface area contributed by atoms with Crippen LogP contribution in [0.25, 0.3) is 0 Å². The van der Waals surface area contributed by atoms with E-state index in [4.69, 9.17) is 5.11 Å². The van der Waals surface area contributed by atoms with E-state index in [0.717, 1.165) is 31.2 Å². The summed E-state index contributed by atoms with van der Waals surface area (Å²) < 4.78 is 0. The maximum absolute atomic E-state index is 9.07. The SMILES string of the molecule is CCN(CC)c1ncc(CNC(CCO)C(C)C)s1. The highest BCUT2D eigenvalue weighted by molar-refractivity contribution is 7.15. The lowest BCUT2D eigenvalue weighted by Crippen LogP contribution is -2.34. The Kier molecular flexibility index (Phi) is 7.34. The molecule has 1 rings (SSSR count). The number of rotatable bonds is 9. The molecule has 0 saturated carbocycles. The third-order valence-electron chi connectivity index (χ3n) is 3.36. The molecular formula is C14H27N3OS. The Morgan fingerprint density at radius 1 is 1.37 bits per heavy atom. The molecule has 0 aliphatic rings. The number of aromatic nitrogens is 1. The van der Waals surface area contributed by atoms with E-state index < -0.39 is 0 Å². The van der Waals surface area contributed by atoms with Gasteiger partial charge in [0.1, 0.15) is 0 Å². The molecule has 0 aliphatic carbocycles. The first-order chi connectivity index (χ1) is 9.12. The number of anilines is 1. The van der Waals surface area contributed by atoms with Crippen molar-refractivity contribution in [2.24, 2.45) is 5.92 Å². The molecule has 5 heteroatoms. The van der Waals surface area contributed by atoms with Gasteiger partial charge >= 0.3 is 0 Å². The first-order valence-electron chi connectivity index (χ1n) is 7.16. The number of thiazole rings is 1. The van der Waals surface area contributed by atoms with Gasteiger partial charge in [-0.05, 0) is 26.2 Å². The van der Waals surface area contributed by atoms with Crippen molar-refractivity contribution < 1.29 is 5.11 Å². The van der Waals surface area contributed by atoms with Crippen LogP contribution >= 0.6 is 11.3 Å². The number of nitrogens with one attached hydrogen (secondary N) is 1. The number of hydrogen-bond donors (Lipinski definition) is 2. The fourth-order valence-electron chi connectivity index (χ4n) is 2.06. The summed E-state index contributed by atoms with van der Waals surface area (Å²) in [5.74, 6) is 0.530. The second-order valence-electron chi connectivity index (χ2n) is 5.03. The zero-order valence-electron chi connectivity index (χ0n) is 12.5. The average molecular weight is 285 g/mol. The number of nitrogens with zero attached hydrogens (tertiary/aromatic N) is 2. The van der Waals surface area contributed by atoms with Crippen LogP contribution < -0.4 is 10.2 Å². The summed E-state index contributed by atoms with van der Waals surface area (Å²) in [5.41, 5.74) is 0. The van der Waals surface area contributed by atoms with Crippen LogP contribution in [0.5, 0.6) is 0 Å². The van der Waals surface area contributed by atoms with Gasteiger partial charge in [0.2, 0.25) is 0 Å². The van der Waals surface area contributed by atoms with E-state index in [2.05, 4.69) is 42.9 Å². The minimum Gasteiger partial charge on any atom is -0.396 e. The Morgan fingerprint density at radius 3 is 2.58 bits per heavy atom. The van der Waals surface area contributed by atoms with Gasteiger partial charge in [-0.2, -0.15) is 0 Å². The van der Waals surface area contributed by atoms with E-state index in [-0.39, 0.29) is 6.61 Å². The molecule has 0 radical (unpaired) electrons. The molecule has 0 aromatic carbocycles. The first-order valence-corrected chi connectivity index (χ1v) is 7.97. The van der Waals surface area contributed by atoms with Crippen molar-refractivity contribution in [3.05, 3.63) is 11.1 Å². The van der Waals surface area contributed by atoms with Crippen LogP contribution in [0.4, 0.5) is 5.13 Å². The van der Waals surface area contributed by atoms with Crippen LogP contribution in [0.3, 0.4) is 0 Å². The molecule has 1 atom stereocenters. The van der Waals surface area contributed by atoms with Crippen molar-refractivity contribution in [1.82, 2.24) is 10.3 Å². The second-order valence-corrected chi connectivity index (χ2v) is 6.12. The van der Waals surface area contributed by atoms with Crippen molar-refractivity contribution in [2.75, 3.05) is 24.6 Å². The summed E-state index contributed by atoms with van der Waals surface area (Å²) in [6.45, 7) is 11.7. The molecule has 0 aliphatic heterocycles. The maximum atomic E-state index is 9.07. The van der Waals surface area contributed by atoms with E-state index >= 15 is 0 Å². The van der Waals surface area contributed by atoms with Gasteiger partial charge in [-0.25, -0.2) is 4.98 Å². The number of hydrogen-bond acceptors (Lipinski definition) is 5. The van der Waals surface area contributed by atoms with Gasteiger partial charge < -0.3 is 15.3 Å². The standard InChI is InChI=1S/C14H27N3OS/c1-5-17(6-2)14-16-10-12(19-14)9-15-13(7-8-18)11(3)4/h10-11,13,15,18H,5-9H2,1-4H3. The largest absolute Gasteiger partial charge is 0.396 e. The minimum atomic E-state index is 0.239. The van der Waals surface area contributed by atoms with Crippen LogP contribution in [0.15, 0.2) is 6.20 Å². The summed E-state index contributed by atoms with van der Waals surface area (Å²) in [6.07, 6.45) is 2.76. The van der Waals surface area contributed by atoms with Crippen LogP contribution in [0.2, 0.25) is 0 Å². The third-order valence-corrected chi connectivity index (χ3v) is 4.42. The summed E-state index contributed by atoms with van der Waals surface area (Å²) in [4.78, 5) is 8.00. The van der Waals surface area contributed by atoms with Crippen molar-refractivity contribution in [3.63, 3.8) is 0 Å². The topological polar surface area (TPSA) is 48.4 Å². The summed E-state index contributed by atoms with van der Waals surface area (Å²) in [7, 11) is 0. The lowest BCUT2D eigenvalue weighted by molar-refractivity contribution is 0.244. The molecular weight excluding hydrogens is 258 g/mol. The molecule has 1 heterocycles. The summed E-state index contributed by atoms with van der Waals surface area (Å²) >= 11 is 1.75. The number of aliphatic hydroxyl groups excluding tert-OH is 1. The van der Waals surface area contributed by atoms with E-state index in [1.54, 1.807) is 11.3 Å². The van der Waals surface area contributed by atoms with Crippen molar-refractivity contribution >= 4 is 16.5 Å². The first kappa shape index (κ1) is 16.4. The van der Waals surface area contributed by atoms with Gasteiger partial charge in [0.25, 0.3) is 0 Å². The van der Waals surface area contributed by atoms with E-state index in [9.17, 15) is 0 Å². The maximum Gasteiger partial charge on any atom is 0.185 e. The molecule has 0 amide bonds. The van der Waals surface area contributed by atoms with Gasteiger partial charge in [0.15, 0.2) is 5.13 Å². The average Bonchev–Trinajstić information content (AvgIpc) is 2.84. The fraction of sp³-hybridized carbons (Fsp3) is 0.786.